The van der Waals surface area contributed by atoms with Gasteiger partial charge in [0.05, 0.1) is 13.0 Å². The van der Waals surface area contributed by atoms with E-state index in [4.69, 9.17) is 14.2 Å². The number of carbonyl (C=O) groups excluding carboxylic acids is 1. The van der Waals surface area contributed by atoms with Gasteiger partial charge in [-0.15, -0.1) is 24.0 Å². The standard InChI is InChI=1S/C17H23N3O4.HI/c1-11-8-20(9-13(11)16(21)22-3)17(18-2)19-7-12-4-5-14-15(6-12)24-10-23-14;/h4-6,11,13H,7-10H2,1-3H3,(H,18,19);1H. The van der Waals surface area contributed by atoms with Gasteiger partial charge in [0.25, 0.3) is 0 Å². The molecule has 0 aliphatic carbocycles. The number of methoxy groups -OCH3 is 1. The summed E-state index contributed by atoms with van der Waals surface area (Å²) in [6, 6.07) is 5.87. The fraction of sp³-hybridized carbons (Fsp3) is 0.529. The van der Waals surface area contributed by atoms with Crippen LogP contribution in [0, 0.1) is 11.8 Å². The molecular formula is C17H24IN3O4. The average molecular weight is 461 g/mol. The molecule has 0 aromatic heterocycles. The van der Waals surface area contributed by atoms with Crippen molar-refractivity contribution in [2.45, 2.75) is 13.5 Å². The highest BCUT2D eigenvalue weighted by Gasteiger charge is 2.36. The predicted molar refractivity (Wildman–Crippen MR) is 104 cm³/mol. The number of ether oxygens (including phenoxy) is 3. The number of benzene rings is 1. The molecule has 25 heavy (non-hydrogen) atoms. The Morgan fingerprint density at radius 3 is 2.84 bits per heavy atom. The average Bonchev–Trinajstić information content (AvgIpc) is 3.21. The van der Waals surface area contributed by atoms with E-state index in [0.29, 0.717) is 13.1 Å². The molecule has 7 nitrogen and oxygen atoms in total. The number of nitrogens with one attached hydrogen (secondary N) is 1. The largest absolute Gasteiger partial charge is 0.469 e. The van der Waals surface area contributed by atoms with Crippen LogP contribution in [0.25, 0.3) is 0 Å². The van der Waals surface area contributed by atoms with Crippen LogP contribution in [0.1, 0.15) is 12.5 Å². The van der Waals surface area contributed by atoms with Crippen LogP contribution in [0.2, 0.25) is 0 Å². The highest BCUT2D eigenvalue weighted by molar-refractivity contribution is 14.0. The summed E-state index contributed by atoms with van der Waals surface area (Å²) in [5.74, 6) is 2.30. The van der Waals surface area contributed by atoms with E-state index in [0.717, 1.165) is 29.6 Å². The van der Waals surface area contributed by atoms with Crippen LogP contribution < -0.4 is 14.8 Å². The minimum absolute atomic E-state index is 0. The fourth-order valence-corrected chi connectivity index (χ4v) is 3.16. The van der Waals surface area contributed by atoms with Gasteiger partial charge in [0.2, 0.25) is 6.79 Å². The Morgan fingerprint density at radius 2 is 2.12 bits per heavy atom. The van der Waals surface area contributed by atoms with Gasteiger partial charge in [-0.2, -0.15) is 0 Å². The van der Waals surface area contributed by atoms with E-state index < -0.39 is 0 Å². The lowest BCUT2D eigenvalue weighted by Gasteiger charge is -2.21. The summed E-state index contributed by atoms with van der Waals surface area (Å²) in [6.45, 7) is 4.35. The Bertz CT molecular complexity index is 653. The second-order valence-corrected chi connectivity index (χ2v) is 6.10. The SMILES string of the molecule is CN=C(NCc1ccc2c(c1)OCO2)N1CC(C)C(C(=O)OC)C1.I. The van der Waals surface area contributed by atoms with Crippen molar-refractivity contribution in [2.75, 3.05) is 34.0 Å². The minimum atomic E-state index is -0.156. The molecule has 1 fully saturated rings. The van der Waals surface area contributed by atoms with E-state index >= 15 is 0 Å². The molecule has 0 amide bonds. The Labute approximate surface area is 164 Å². The number of hydrogen-bond acceptors (Lipinski definition) is 5. The summed E-state index contributed by atoms with van der Waals surface area (Å²) in [4.78, 5) is 18.3. The highest BCUT2D eigenvalue weighted by Crippen LogP contribution is 2.32. The third kappa shape index (κ3) is 4.28. The van der Waals surface area contributed by atoms with Crippen LogP contribution >= 0.6 is 24.0 Å². The van der Waals surface area contributed by atoms with E-state index in [1.54, 1.807) is 7.05 Å². The third-order valence-electron chi connectivity index (χ3n) is 4.52. The molecule has 2 atom stereocenters. The number of halogens is 1. The molecule has 2 aliphatic rings. The molecule has 1 N–H and O–H groups in total. The van der Waals surface area contributed by atoms with E-state index in [1.807, 2.05) is 18.2 Å². The normalized spacial score (nSPS) is 21.7. The van der Waals surface area contributed by atoms with E-state index in [9.17, 15) is 4.79 Å². The van der Waals surface area contributed by atoms with Crippen molar-refractivity contribution in [1.82, 2.24) is 10.2 Å². The van der Waals surface area contributed by atoms with Gasteiger partial charge in [-0.3, -0.25) is 9.79 Å². The second kappa shape index (κ2) is 8.59. The zero-order chi connectivity index (χ0) is 17.1. The first-order valence-electron chi connectivity index (χ1n) is 8.04. The van der Waals surface area contributed by atoms with Gasteiger partial charge in [-0.25, -0.2) is 0 Å². The van der Waals surface area contributed by atoms with Crippen molar-refractivity contribution < 1.29 is 19.0 Å². The number of guanidine groups is 1. The monoisotopic (exact) mass is 461 g/mol. The van der Waals surface area contributed by atoms with Crippen molar-refractivity contribution >= 4 is 35.9 Å². The number of fused-ring (bicyclic) bond motifs is 1. The second-order valence-electron chi connectivity index (χ2n) is 6.10. The molecule has 3 rings (SSSR count). The summed E-state index contributed by atoms with van der Waals surface area (Å²) in [6.07, 6.45) is 0. The molecular weight excluding hydrogens is 437 g/mol. The zero-order valence-electron chi connectivity index (χ0n) is 14.7. The first kappa shape index (κ1) is 19.6. The molecule has 0 spiro atoms. The molecule has 2 aliphatic heterocycles. The Hall–Kier alpha value is -1.71. The summed E-state index contributed by atoms with van der Waals surface area (Å²) < 4.78 is 15.6. The summed E-state index contributed by atoms with van der Waals surface area (Å²) in [7, 11) is 3.18. The predicted octanol–water partition coefficient (Wildman–Crippen LogP) is 1.85. The minimum Gasteiger partial charge on any atom is -0.469 e. The molecule has 1 saturated heterocycles. The Morgan fingerprint density at radius 1 is 1.36 bits per heavy atom. The molecule has 8 heteroatoms. The Kier molecular flexibility index (Phi) is 6.74. The quantitative estimate of drug-likeness (QED) is 0.321. The van der Waals surface area contributed by atoms with Gasteiger partial charge in [0, 0.05) is 26.7 Å². The number of aliphatic imine (C=N–C) groups is 1. The van der Waals surface area contributed by atoms with Crippen LogP contribution in [0.3, 0.4) is 0 Å². The first-order valence-corrected chi connectivity index (χ1v) is 8.04. The molecule has 2 heterocycles. The van der Waals surface area contributed by atoms with E-state index in [1.165, 1.54) is 7.11 Å². The molecule has 2 unspecified atom stereocenters. The number of likely N-dealkylation sites (tertiary alicyclic amines) is 1. The fourth-order valence-electron chi connectivity index (χ4n) is 3.16. The van der Waals surface area contributed by atoms with Crippen molar-refractivity contribution in [3.8, 4) is 11.5 Å². The lowest BCUT2D eigenvalue weighted by Crippen LogP contribution is -2.40. The van der Waals surface area contributed by atoms with Gasteiger partial charge < -0.3 is 24.4 Å². The van der Waals surface area contributed by atoms with Crippen LogP contribution in [0.15, 0.2) is 23.2 Å². The van der Waals surface area contributed by atoms with Crippen molar-refractivity contribution in [1.29, 1.82) is 0 Å². The smallest absolute Gasteiger partial charge is 0.310 e. The van der Waals surface area contributed by atoms with Crippen LogP contribution in [0.5, 0.6) is 11.5 Å². The van der Waals surface area contributed by atoms with Gasteiger partial charge >= 0.3 is 5.97 Å². The lowest BCUT2D eigenvalue weighted by molar-refractivity contribution is -0.145. The molecule has 1 aromatic rings. The summed E-state index contributed by atoms with van der Waals surface area (Å²) in [5.41, 5.74) is 1.08. The number of esters is 1. The maximum Gasteiger partial charge on any atom is 0.310 e. The van der Waals surface area contributed by atoms with E-state index in [-0.39, 0.29) is 48.6 Å². The first-order chi connectivity index (χ1) is 11.6. The molecule has 0 saturated carbocycles. The number of nitrogens with zero attached hydrogens (tertiary/aromatic N) is 2. The molecule has 1 aromatic carbocycles. The molecule has 0 bridgehead atoms. The van der Waals surface area contributed by atoms with Crippen molar-refractivity contribution in [3.05, 3.63) is 23.8 Å². The third-order valence-corrected chi connectivity index (χ3v) is 4.52. The van der Waals surface area contributed by atoms with Crippen LogP contribution in [-0.4, -0.2) is 50.9 Å². The topological polar surface area (TPSA) is 72.4 Å². The van der Waals surface area contributed by atoms with Gasteiger partial charge in [0.15, 0.2) is 17.5 Å². The van der Waals surface area contributed by atoms with Gasteiger partial charge in [-0.05, 0) is 23.6 Å². The summed E-state index contributed by atoms with van der Waals surface area (Å²) >= 11 is 0. The maximum absolute atomic E-state index is 11.8. The summed E-state index contributed by atoms with van der Waals surface area (Å²) in [5, 5.41) is 3.34. The Balaban J connectivity index is 0.00000225. The molecule has 0 radical (unpaired) electrons. The van der Waals surface area contributed by atoms with Crippen molar-refractivity contribution in [2.24, 2.45) is 16.8 Å². The zero-order valence-corrected chi connectivity index (χ0v) is 17.0. The van der Waals surface area contributed by atoms with Crippen molar-refractivity contribution in [3.63, 3.8) is 0 Å². The van der Waals surface area contributed by atoms with Gasteiger partial charge in [-0.1, -0.05) is 13.0 Å². The van der Waals surface area contributed by atoms with Gasteiger partial charge in [0.1, 0.15) is 0 Å². The number of carbonyl (C=O) groups is 1. The number of rotatable bonds is 3. The number of hydrogen-bond donors (Lipinski definition) is 1. The maximum atomic E-state index is 11.8. The lowest BCUT2D eigenvalue weighted by atomic mass is 9.99. The highest BCUT2D eigenvalue weighted by atomic mass is 127. The molecule has 138 valence electrons. The van der Waals surface area contributed by atoms with E-state index in [2.05, 4.69) is 22.1 Å². The van der Waals surface area contributed by atoms with Crippen LogP contribution in [-0.2, 0) is 16.1 Å². The van der Waals surface area contributed by atoms with Crippen LogP contribution in [0.4, 0.5) is 0 Å².